The van der Waals surface area contributed by atoms with E-state index in [0.29, 0.717) is 29.0 Å². The van der Waals surface area contributed by atoms with Gasteiger partial charge in [0.15, 0.2) is 0 Å². The van der Waals surface area contributed by atoms with Gasteiger partial charge >= 0.3 is 268 Å². The quantitative estimate of drug-likeness (QED) is 0.122. The van der Waals surface area contributed by atoms with Crippen LogP contribution < -0.4 is 0 Å². The molecule has 200 valence electrons. The Bertz CT molecular complexity index is 2550. The molecule has 10 aromatic rings. The van der Waals surface area contributed by atoms with Gasteiger partial charge in [0.1, 0.15) is 0 Å². The van der Waals surface area contributed by atoms with Crippen molar-refractivity contribution in [2.75, 3.05) is 0 Å². The van der Waals surface area contributed by atoms with E-state index >= 15 is 0 Å². The second-order valence-electron chi connectivity index (χ2n) is 11.2. The van der Waals surface area contributed by atoms with E-state index in [-0.39, 0.29) is 14.5 Å². The minimum atomic E-state index is 0.162. The predicted octanol–water partition coefficient (Wildman–Crippen LogP) is 10.3. The molecule has 0 nitrogen and oxygen atoms in total. The second kappa shape index (κ2) is 9.43. The number of hydrogen-bond donors (Lipinski definition) is 0. The van der Waals surface area contributed by atoms with Crippen LogP contribution in [0.3, 0.4) is 0 Å². The Hall–Kier alpha value is -3.64. The normalized spacial score (nSPS) is 12.2. The Morgan fingerprint density at radius 2 is 0.651 bits per heavy atom. The molecule has 0 radical (unpaired) electrons. The van der Waals surface area contributed by atoms with Crippen LogP contribution in [0.4, 0.5) is 0 Å². The molecule has 0 amide bonds. The Kier molecular flexibility index (Phi) is 5.43. The maximum atomic E-state index is 2.43. The van der Waals surface area contributed by atoms with E-state index in [1.54, 1.807) is 17.4 Å². The number of rotatable bonds is 2. The molecule has 0 bridgehead atoms. The van der Waals surface area contributed by atoms with Gasteiger partial charge in [-0.2, -0.15) is 0 Å². The molecule has 0 N–H and O–H groups in total. The molecule has 0 fully saturated rings. The van der Waals surface area contributed by atoms with Crippen LogP contribution in [0.15, 0.2) is 133 Å². The van der Waals surface area contributed by atoms with E-state index in [9.17, 15) is 0 Å². The van der Waals surface area contributed by atoms with Crippen molar-refractivity contribution in [2.24, 2.45) is 0 Å². The monoisotopic (exact) mass is 742 g/mol. The van der Waals surface area contributed by atoms with E-state index in [2.05, 4.69) is 133 Å². The van der Waals surface area contributed by atoms with Crippen molar-refractivity contribution in [2.45, 2.75) is 0 Å². The molecule has 0 saturated heterocycles. The van der Waals surface area contributed by atoms with E-state index in [4.69, 9.17) is 0 Å². The van der Waals surface area contributed by atoms with Gasteiger partial charge in [-0.1, -0.05) is 0 Å². The molecule has 10 rings (SSSR count). The first-order valence-corrected chi connectivity index (χ1v) is 19.7. The summed E-state index contributed by atoms with van der Waals surface area (Å²) in [6, 6.07) is 50.5. The van der Waals surface area contributed by atoms with E-state index in [1.807, 2.05) is 0 Å². The van der Waals surface area contributed by atoms with Gasteiger partial charge in [0.25, 0.3) is 0 Å². The van der Waals surface area contributed by atoms with Crippen LogP contribution in [0.1, 0.15) is 0 Å². The maximum absolute atomic E-state index is 2.43. The van der Waals surface area contributed by atoms with Crippen LogP contribution in [0.5, 0.6) is 0 Å². The standard InChI is InChI=1S/C40H22Se3/c1-3-15-27-23(11-1)24-12-2-4-16-28(24)36-35(27)39(31-19-9-17-29-25-13-5-7-21-33(25)41-37(29)31)43-40(36)32-20-10-18-30-26-14-6-8-22-34(26)42-38(30)32/h1-22H. The van der Waals surface area contributed by atoms with Gasteiger partial charge in [-0.15, -0.1) is 0 Å². The average molecular weight is 739 g/mol. The first kappa shape index (κ1) is 24.8. The van der Waals surface area contributed by atoms with Gasteiger partial charge in [-0.3, -0.25) is 0 Å². The van der Waals surface area contributed by atoms with E-state index in [1.165, 1.54) is 73.5 Å². The van der Waals surface area contributed by atoms with Gasteiger partial charge in [0, 0.05) is 0 Å². The van der Waals surface area contributed by atoms with Gasteiger partial charge in [-0.05, 0) is 0 Å². The molecule has 7 aromatic carbocycles. The predicted molar refractivity (Wildman–Crippen MR) is 191 cm³/mol. The van der Waals surface area contributed by atoms with Crippen LogP contribution in [-0.2, 0) is 0 Å². The number of fused-ring (bicyclic) bond motifs is 12. The fourth-order valence-electron chi connectivity index (χ4n) is 7.05. The molecule has 0 saturated carbocycles. The molecule has 0 aliphatic carbocycles. The van der Waals surface area contributed by atoms with Gasteiger partial charge in [0.2, 0.25) is 0 Å². The SMILES string of the molecule is c1ccc2c(c1)[se]c1c(-c3[se]c(-c4cccc5c4[se]c4ccccc45)c4c5ccccc5c5ccccc5c34)cccc12. The van der Waals surface area contributed by atoms with E-state index in [0.717, 1.165) is 0 Å². The fourth-order valence-corrected chi connectivity index (χ4v) is 15.8. The summed E-state index contributed by atoms with van der Waals surface area (Å²) < 4.78 is 9.27. The molecule has 43 heavy (non-hydrogen) atoms. The Balaban J connectivity index is 1.43. The van der Waals surface area contributed by atoms with Crippen molar-refractivity contribution in [1.29, 1.82) is 0 Å². The molecular formula is C40H22Se3. The molecule has 0 aliphatic heterocycles. The van der Waals surface area contributed by atoms with Gasteiger partial charge < -0.3 is 0 Å². The molecular weight excluding hydrogens is 717 g/mol. The van der Waals surface area contributed by atoms with Crippen molar-refractivity contribution in [3.63, 3.8) is 0 Å². The van der Waals surface area contributed by atoms with Gasteiger partial charge in [0.05, 0.1) is 0 Å². The first-order chi connectivity index (χ1) is 21.3. The van der Waals surface area contributed by atoms with Gasteiger partial charge in [-0.25, -0.2) is 0 Å². The Morgan fingerprint density at radius 1 is 0.279 bits per heavy atom. The summed E-state index contributed by atoms with van der Waals surface area (Å²) in [4.78, 5) is 0. The van der Waals surface area contributed by atoms with Crippen LogP contribution in [-0.4, -0.2) is 43.5 Å². The van der Waals surface area contributed by atoms with Crippen molar-refractivity contribution < 1.29 is 0 Å². The van der Waals surface area contributed by atoms with Crippen LogP contribution in [0, 0.1) is 0 Å². The van der Waals surface area contributed by atoms with Crippen LogP contribution in [0.25, 0.3) is 90.9 Å². The van der Waals surface area contributed by atoms with Crippen LogP contribution >= 0.6 is 0 Å². The third kappa shape index (κ3) is 3.50. The van der Waals surface area contributed by atoms with Crippen molar-refractivity contribution in [1.82, 2.24) is 0 Å². The fraction of sp³-hybridized carbons (Fsp3) is 0. The zero-order chi connectivity index (χ0) is 28.1. The van der Waals surface area contributed by atoms with E-state index < -0.39 is 0 Å². The zero-order valence-electron chi connectivity index (χ0n) is 22.9. The number of hydrogen-bond acceptors (Lipinski definition) is 0. The number of benzene rings is 7. The first-order valence-electron chi connectivity index (χ1n) is 14.5. The Labute approximate surface area is 266 Å². The van der Waals surface area contributed by atoms with Crippen LogP contribution in [0.2, 0.25) is 0 Å². The molecule has 0 unspecified atom stereocenters. The molecule has 0 aliphatic rings. The summed E-state index contributed by atoms with van der Waals surface area (Å²) in [7, 11) is 0. The Morgan fingerprint density at radius 3 is 1.12 bits per heavy atom. The average Bonchev–Trinajstić information content (AvgIpc) is 3.77. The topological polar surface area (TPSA) is 0 Å². The summed E-state index contributed by atoms with van der Waals surface area (Å²) in [6.45, 7) is 0. The molecule has 3 heteroatoms. The molecule has 0 atom stereocenters. The second-order valence-corrected chi connectivity index (χ2v) is 17.7. The van der Waals surface area contributed by atoms with Crippen molar-refractivity contribution >= 4 is 114 Å². The molecule has 0 spiro atoms. The van der Waals surface area contributed by atoms with Crippen molar-refractivity contribution in [3.05, 3.63) is 133 Å². The molecule has 3 aromatic heterocycles. The summed E-state index contributed by atoms with van der Waals surface area (Å²) in [5.74, 6) is 0. The summed E-state index contributed by atoms with van der Waals surface area (Å²) in [5.41, 5.74) is 2.96. The third-order valence-corrected chi connectivity index (χ3v) is 16.6. The molecule has 3 heterocycles. The third-order valence-electron chi connectivity index (χ3n) is 8.89. The minimum absolute atomic E-state index is 0.162. The summed E-state index contributed by atoms with van der Waals surface area (Å²) in [6.07, 6.45) is 0. The summed E-state index contributed by atoms with van der Waals surface area (Å²) >= 11 is 0.773. The zero-order valence-corrected chi connectivity index (χ0v) is 28.1. The van der Waals surface area contributed by atoms with Crippen molar-refractivity contribution in [3.8, 4) is 20.0 Å². The summed E-state index contributed by atoms with van der Waals surface area (Å²) in [5, 5.41) is 14.2.